The highest BCUT2D eigenvalue weighted by Gasteiger charge is 2.22. The highest BCUT2D eigenvalue weighted by atomic mass is 16.7. The van der Waals surface area contributed by atoms with E-state index < -0.39 is 0 Å². The minimum atomic E-state index is -0.318. The molecule has 0 aliphatic carbocycles. The van der Waals surface area contributed by atoms with Crippen molar-refractivity contribution in [3.05, 3.63) is 0 Å². The van der Waals surface area contributed by atoms with Gasteiger partial charge < -0.3 is 19.1 Å². The molecule has 0 atom stereocenters. The van der Waals surface area contributed by atoms with E-state index in [9.17, 15) is 4.79 Å². The number of nitrogens with zero attached hydrogens (tertiary/aromatic N) is 1. The van der Waals surface area contributed by atoms with Gasteiger partial charge in [-0.1, -0.05) is 0 Å². The molecule has 0 saturated carbocycles. The second-order valence-corrected chi connectivity index (χ2v) is 3.23. The van der Waals surface area contributed by atoms with Crippen molar-refractivity contribution in [3.8, 4) is 0 Å². The minimum Gasteiger partial charge on any atom is -0.370 e. The third-order valence-electron chi connectivity index (χ3n) is 2.16. The molecule has 0 radical (unpaired) electrons. The number of morpholine rings is 1. The van der Waals surface area contributed by atoms with Crippen molar-refractivity contribution in [2.75, 3.05) is 39.5 Å². The summed E-state index contributed by atoms with van der Waals surface area (Å²) in [5, 5.41) is 0. The lowest BCUT2D eigenvalue weighted by Crippen LogP contribution is -2.46. The molecule has 1 fully saturated rings. The number of hydrogen-bond acceptors (Lipinski definition) is 4. The molecule has 0 N–H and O–H groups in total. The van der Waals surface area contributed by atoms with Crippen LogP contribution in [0.4, 0.5) is 0 Å². The Morgan fingerprint density at radius 3 is 2.60 bits per heavy atom. The summed E-state index contributed by atoms with van der Waals surface area (Å²) in [6.07, 6.45) is -0.318. The van der Waals surface area contributed by atoms with Crippen molar-refractivity contribution in [2.24, 2.45) is 0 Å². The van der Waals surface area contributed by atoms with Crippen molar-refractivity contribution >= 4 is 5.91 Å². The van der Waals surface area contributed by atoms with Gasteiger partial charge in [0.2, 0.25) is 5.91 Å². The zero-order valence-electron chi connectivity index (χ0n) is 9.40. The van der Waals surface area contributed by atoms with Crippen LogP contribution in [0.1, 0.15) is 13.8 Å². The molecule has 1 aliphatic heterocycles. The van der Waals surface area contributed by atoms with Crippen molar-refractivity contribution in [1.29, 1.82) is 0 Å². The molecule has 5 heteroatoms. The minimum absolute atomic E-state index is 0.00524. The lowest BCUT2D eigenvalue weighted by Gasteiger charge is -2.30. The topological polar surface area (TPSA) is 48.0 Å². The van der Waals surface area contributed by atoms with Gasteiger partial charge in [-0.05, 0) is 13.8 Å². The molecule has 1 saturated heterocycles. The Kier molecular flexibility index (Phi) is 5.60. The molecule has 88 valence electrons. The van der Waals surface area contributed by atoms with Crippen LogP contribution in [-0.4, -0.2) is 56.6 Å². The number of hydrogen-bond donors (Lipinski definition) is 0. The quantitative estimate of drug-likeness (QED) is 0.598. The first kappa shape index (κ1) is 12.4. The standard InChI is InChI=1S/C10H19NO4/c1-3-14-10(15-4-2)7-11-5-6-13-8-9(11)12/h10H,3-8H2,1-2H3. The van der Waals surface area contributed by atoms with E-state index in [2.05, 4.69) is 0 Å². The molecular weight excluding hydrogens is 198 g/mol. The molecule has 5 nitrogen and oxygen atoms in total. The predicted molar refractivity (Wildman–Crippen MR) is 54.4 cm³/mol. The lowest BCUT2D eigenvalue weighted by molar-refractivity contribution is -0.167. The fraction of sp³-hybridized carbons (Fsp3) is 0.900. The molecule has 0 bridgehead atoms. The summed E-state index contributed by atoms with van der Waals surface area (Å²) in [4.78, 5) is 13.1. The van der Waals surface area contributed by atoms with E-state index in [1.165, 1.54) is 0 Å². The third-order valence-corrected chi connectivity index (χ3v) is 2.16. The van der Waals surface area contributed by atoms with Gasteiger partial charge in [-0.3, -0.25) is 4.79 Å². The number of rotatable bonds is 6. The summed E-state index contributed by atoms with van der Waals surface area (Å²) in [5.41, 5.74) is 0. The van der Waals surface area contributed by atoms with Crippen molar-refractivity contribution in [2.45, 2.75) is 20.1 Å². The Labute approximate surface area is 90.3 Å². The van der Waals surface area contributed by atoms with Crippen LogP contribution in [0.25, 0.3) is 0 Å². The highest BCUT2D eigenvalue weighted by Crippen LogP contribution is 2.04. The van der Waals surface area contributed by atoms with Crippen LogP contribution in [0.3, 0.4) is 0 Å². The van der Waals surface area contributed by atoms with Crippen LogP contribution in [0.15, 0.2) is 0 Å². The Hall–Kier alpha value is -0.650. The van der Waals surface area contributed by atoms with E-state index in [1.807, 2.05) is 13.8 Å². The van der Waals surface area contributed by atoms with E-state index in [0.29, 0.717) is 32.9 Å². The smallest absolute Gasteiger partial charge is 0.248 e. The number of carbonyl (C=O) groups excluding carboxylic acids is 1. The van der Waals surface area contributed by atoms with Crippen molar-refractivity contribution in [1.82, 2.24) is 4.90 Å². The lowest BCUT2D eigenvalue weighted by atomic mass is 10.4. The maximum atomic E-state index is 11.4. The van der Waals surface area contributed by atoms with E-state index in [0.717, 1.165) is 0 Å². The van der Waals surface area contributed by atoms with Gasteiger partial charge in [-0.2, -0.15) is 0 Å². The van der Waals surface area contributed by atoms with Gasteiger partial charge in [0.05, 0.1) is 13.2 Å². The number of ether oxygens (including phenoxy) is 3. The largest absolute Gasteiger partial charge is 0.370 e. The SMILES string of the molecule is CCOC(CN1CCOCC1=O)OCC. The van der Waals surface area contributed by atoms with E-state index in [4.69, 9.17) is 14.2 Å². The molecule has 0 aromatic carbocycles. The Balaban J connectivity index is 2.37. The third kappa shape index (κ3) is 4.15. The number of amides is 1. The van der Waals surface area contributed by atoms with Crippen molar-refractivity contribution < 1.29 is 19.0 Å². The fourth-order valence-corrected chi connectivity index (χ4v) is 1.45. The molecule has 1 rings (SSSR count). The predicted octanol–water partition coefficient (Wildman–Crippen LogP) is 0.244. The first-order valence-electron chi connectivity index (χ1n) is 5.36. The van der Waals surface area contributed by atoms with Crippen LogP contribution in [0.5, 0.6) is 0 Å². The second kappa shape index (κ2) is 6.76. The Morgan fingerprint density at radius 2 is 2.07 bits per heavy atom. The van der Waals surface area contributed by atoms with Crippen LogP contribution >= 0.6 is 0 Å². The molecule has 1 heterocycles. The summed E-state index contributed by atoms with van der Waals surface area (Å²) in [6.45, 7) is 6.87. The molecule has 1 aliphatic rings. The second-order valence-electron chi connectivity index (χ2n) is 3.23. The monoisotopic (exact) mass is 217 g/mol. The number of carbonyl (C=O) groups is 1. The molecule has 1 amide bonds. The van der Waals surface area contributed by atoms with Gasteiger partial charge in [0.1, 0.15) is 6.61 Å². The Bertz CT molecular complexity index is 192. The zero-order chi connectivity index (χ0) is 11.1. The Morgan fingerprint density at radius 1 is 1.40 bits per heavy atom. The van der Waals surface area contributed by atoms with Gasteiger partial charge in [-0.25, -0.2) is 0 Å². The first-order chi connectivity index (χ1) is 7.27. The van der Waals surface area contributed by atoms with Gasteiger partial charge in [0.25, 0.3) is 0 Å². The average Bonchev–Trinajstić information content (AvgIpc) is 2.22. The maximum absolute atomic E-state index is 11.4. The molecule has 15 heavy (non-hydrogen) atoms. The molecule has 0 aromatic heterocycles. The molecule has 0 unspecified atom stereocenters. The highest BCUT2D eigenvalue weighted by molar-refractivity contribution is 5.77. The van der Waals surface area contributed by atoms with E-state index in [1.54, 1.807) is 4.90 Å². The average molecular weight is 217 g/mol. The summed E-state index contributed by atoms with van der Waals surface area (Å²) >= 11 is 0. The van der Waals surface area contributed by atoms with Crippen LogP contribution in [0, 0.1) is 0 Å². The van der Waals surface area contributed by atoms with Gasteiger partial charge >= 0.3 is 0 Å². The fourth-order valence-electron chi connectivity index (χ4n) is 1.45. The summed E-state index contributed by atoms with van der Waals surface area (Å²) < 4.78 is 15.8. The molecule has 0 aromatic rings. The van der Waals surface area contributed by atoms with E-state index in [-0.39, 0.29) is 18.8 Å². The normalized spacial score (nSPS) is 17.5. The summed E-state index contributed by atoms with van der Waals surface area (Å²) in [7, 11) is 0. The van der Waals surface area contributed by atoms with Crippen molar-refractivity contribution in [3.63, 3.8) is 0 Å². The maximum Gasteiger partial charge on any atom is 0.248 e. The molecular formula is C10H19NO4. The van der Waals surface area contributed by atoms with Gasteiger partial charge in [0, 0.05) is 19.8 Å². The zero-order valence-corrected chi connectivity index (χ0v) is 9.40. The van der Waals surface area contributed by atoms with Crippen LogP contribution < -0.4 is 0 Å². The molecule has 0 spiro atoms. The summed E-state index contributed by atoms with van der Waals surface area (Å²) in [5.74, 6) is 0.00524. The summed E-state index contributed by atoms with van der Waals surface area (Å²) in [6, 6.07) is 0. The van der Waals surface area contributed by atoms with E-state index >= 15 is 0 Å². The van der Waals surface area contributed by atoms with Gasteiger partial charge in [-0.15, -0.1) is 0 Å². The first-order valence-corrected chi connectivity index (χ1v) is 5.36. The van der Waals surface area contributed by atoms with Gasteiger partial charge in [0.15, 0.2) is 6.29 Å². The van der Waals surface area contributed by atoms with Crippen LogP contribution in [-0.2, 0) is 19.0 Å². The van der Waals surface area contributed by atoms with Crippen LogP contribution in [0.2, 0.25) is 0 Å².